The van der Waals surface area contributed by atoms with E-state index in [1.807, 2.05) is 32.9 Å². The van der Waals surface area contributed by atoms with Crippen LogP contribution in [0.2, 0.25) is 0 Å². The molecule has 2 N–H and O–H groups in total. The largest absolute Gasteiger partial charge is 0.370 e. The summed E-state index contributed by atoms with van der Waals surface area (Å²) in [5, 5.41) is 6.37. The first-order chi connectivity index (χ1) is 10.0. The van der Waals surface area contributed by atoms with Crippen molar-refractivity contribution in [1.82, 2.24) is 9.97 Å². The lowest BCUT2D eigenvalue weighted by Gasteiger charge is -2.13. The van der Waals surface area contributed by atoms with Gasteiger partial charge in [-0.05, 0) is 26.0 Å². The first-order valence-corrected chi connectivity index (χ1v) is 7.16. The second-order valence-corrected chi connectivity index (χ2v) is 5.22. The van der Waals surface area contributed by atoms with Crippen molar-refractivity contribution in [3.63, 3.8) is 0 Å². The lowest BCUT2D eigenvalue weighted by atomic mass is 10.2. The van der Waals surface area contributed by atoms with Crippen LogP contribution >= 0.6 is 0 Å². The predicted molar refractivity (Wildman–Crippen MR) is 84.7 cm³/mol. The molecule has 1 aromatic carbocycles. The highest BCUT2D eigenvalue weighted by molar-refractivity contribution is 5.62. The Kier molecular flexibility index (Phi) is 4.73. The van der Waals surface area contributed by atoms with Crippen LogP contribution in [0.15, 0.2) is 24.3 Å². The van der Waals surface area contributed by atoms with Crippen molar-refractivity contribution in [1.29, 1.82) is 0 Å². The van der Waals surface area contributed by atoms with Crippen molar-refractivity contribution in [2.45, 2.75) is 33.6 Å². The SMILES string of the molecule is CCNc1cc(Nc2cccc(F)c2C)nc(C(C)C)n1. The maximum Gasteiger partial charge on any atom is 0.136 e. The van der Waals surface area contributed by atoms with Crippen LogP contribution in [0.4, 0.5) is 21.7 Å². The Balaban J connectivity index is 2.36. The molecule has 1 aromatic heterocycles. The van der Waals surface area contributed by atoms with Crippen LogP contribution in [0.3, 0.4) is 0 Å². The van der Waals surface area contributed by atoms with E-state index >= 15 is 0 Å². The van der Waals surface area contributed by atoms with E-state index in [2.05, 4.69) is 20.6 Å². The summed E-state index contributed by atoms with van der Waals surface area (Å²) >= 11 is 0. The first-order valence-electron chi connectivity index (χ1n) is 7.16. The Morgan fingerprint density at radius 2 is 1.90 bits per heavy atom. The molecule has 0 radical (unpaired) electrons. The number of benzene rings is 1. The van der Waals surface area contributed by atoms with Crippen molar-refractivity contribution >= 4 is 17.3 Å². The first kappa shape index (κ1) is 15.2. The van der Waals surface area contributed by atoms with Gasteiger partial charge in [0.05, 0.1) is 0 Å². The summed E-state index contributed by atoms with van der Waals surface area (Å²) in [5.41, 5.74) is 1.29. The maximum atomic E-state index is 13.6. The molecule has 0 amide bonds. The maximum absolute atomic E-state index is 13.6. The minimum Gasteiger partial charge on any atom is -0.370 e. The molecule has 0 atom stereocenters. The number of nitrogens with zero attached hydrogens (tertiary/aromatic N) is 2. The monoisotopic (exact) mass is 288 g/mol. The van der Waals surface area contributed by atoms with E-state index in [0.29, 0.717) is 17.1 Å². The van der Waals surface area contributed by atoms with E-state index in [-0.39, 0.29) is 11.7 Å². The second kappa shape index (κ2) is 6.52. The van der Waals surface area contributed by atoms with E-state index in [4.69, 9.17) is 0 Å². The Labute approximate surface area is 124 Å². The fraction of sp³-hybridized carbons (Fsp3) is 0.375. The van der Waals surface area contributed by atoms with Gasteiger partial charge < -0.3 is 10.6 Å². The van der Waals surface area contributed by atoms with E-state index in [0.717, 1.165) is 18.2 Å². The zero-order chi connectivity index (χ0) is 15.4. The van der Waals surface area contributed by atoms with Gasteiger partial charge in [0.1, 0.15) is 23.3 Å². The number of hydrogen-bond donors (Lipinski definition) is 2. The van der Waals surface area contributed by atoms with Gasteiger partial charge in [0, 0.05) is 29.8 Å². The number of aromatic nitrogens is 2. The Hall–Kier alpha value is -2.17. The summed E-state index contributed by atoms with van der Waals surface area (Å²) in [5.74, 6) is 2.18. The number of anilines is 3. The molecule has 0 aliphatic heterocycles. The molecule has 112 valence electrons. The molecule has 0 spiro atoms. The molecule has 0 bridgehead atoms. The summed E-state index contributed by atoms with van der Waals surface area (Å²) in [6, 6.07) is 6.80. The van der Waals surface area contributed by atoms with Crippen molar-refractivity contribution in [3.8, 4) is 0 Å². The summed E-state index contributed by atoms with van der Waals surface area (Å²) < 4.78 is 13.6. The van der Waals surface area contributed by atoms with Gasteiger partial charge in [-0.2, -0.15) is 0 Å². The van der Waals surface area contributed by atoms with E-state index in [1.54, 1.807) is 13.0 Å². The molecule has 0 saturated carbocycles. The summed E-state index contributed by atoms with van der Waals surface area (Å²) in [6.45, 7) is 8.63. The number of nitrogens with one attached hydrogen (secondary N) is 2. The van der Waals surface area contributed by atoms with Crippen LogP contribution in [-0.2, 0) is 0 Å². The standard InChI is InChI=1S/C16H21FN4/c1-5-18-14-9-15(21-16(20-14)10(2)3)19-13-8-6-7-12(17)11(13)4/h6-10H,5H2,1-4H3,(H2,18,19,20,21). The number of halogens is 1. The average molecular weight is 288 g/mol. The zero-order valence-electron chi connectivity index (χ0n) is 12.9. The Morgan fingerprint density at radius 1 is 1.19 bits per heavy atom. The van der Waals surface area contributed by atoms with Gasteiger partial charge in [-0.15, -0.1) is 0 Å². The van der Waals surface area contributed by atoms with Gasteiger partial charge in [-0.25, -0.2) is 14.4 Å². The van der Waals surface area contributed by atoms with Crippen LogP contribution < -0.4 is 10.6 Å². The zero-order valence-corrected chi connectivity index (χ0v) is 12.9. The molecular weight excluding hydrogens is 267 g/mol. The minimum atomic E-state index is -0.231. The molecule has 0 aliphatic rings. The van der Waals surface area contributed by atoms with Gasteiger partial charge in [0.25, 0.3) is 0 Å². The van der Waals surface area contributed by atoms with Gasteiger partial charge in [-0.3, -0.25) is 0 Å². The highest BCUT2D eigenvalue weighted by Crippen LogP contribution is 2.24. The van der Waals surface area contributed by atoms with E-state index < -0.39 is 0 Å². The van der Waals surface area contributed by atoms with Crippen LogP contribution in [-0.4, -0.2) is 16.5 Å². The van der Waals surface area contributed by atoms with Crippen LogP contribution in [0.5, 0.6) is 0 Å². The fourth-order valence-corrected chi connectivity index (χ4v) is 1.94. The molecular formula is C16H21FN4. The van der Waals surface area contributed by atoms with Crippen LogP contribution in [0, 0.1) is 12.7 Å². The summed E-state index contributed by atoms with van der Waals surface area (Å²) in [4.78, 5) is 8.96. The topological polar surface area (TPSA) is 49.8 Å². The molecule has 0 saturated heterocycles. The van der Waals surface area contributed by atoms with Crippen molar-refractivity contribution in [2.75, 3.05) is 17.2 Å². The lowest BCUT2D eigenvalue weighted by molar-refractivity contribution is 0.619. The quantitative estimate of drug-likeness (QED) is 0.864. The summed E-state index contributed by atoms with van der Waals surface area (Å²) in [6.07, 6.45) is 0. The van der Waals surface area contributed by atoms with E-state index in [1.165, 1.54) is 6.07 Å². The number of hydrogen-bond acceptors (Lipinski definition) is 4. The Morgan fingerprint density at radius 3 is 2.57 bits per heavy atom. The van der Waals surface area contributed by atoms with Crippen LogP contribution in [0.1, 0.15) is 38.1 Å². The van der Waals surface area contributed by atoms with E-state index in [9.17, 15) is 4.39 Å². The Bertz CT molecular complexity index is 626. The molecule has 4 nitrogen and oxygen atoms in total. The van der Waals surface area contributed by atoms with Gasteiger partial charge >= 0.3 is 0 Å². The van der Waals surface area contributed by atoms with Crippen LogP contribution in [0.25, 0.3) is 0 Å². The molecule has 2 aromatic rings. The third-order valence-electron chi connectivity index (χ3n) is 3.15. The van der Waals surface area contributed by atoms with Crippen molar-refractivity contribution in [3.05, 3.63) is 41.5 Å². The molecule has 0 aliphatic carbocycles. The fourth-order valence-electron chi connectivity index (χ4n) is 1.94. The normalized spacial score (nSPS) is 10.8. The third kappa shape index (κ3) is 3.68. The van der Waals surface area contributed by atoms with Gasteiger partial charge in [0.15, 0.2) is 0 Å². The minimum absolute atomic E-state index is 0.220. The highest BCUT2D eigenvalue weighted by Gasteiger charge is 2.10. The molecule has 2 rings (SSSR count). The van der Waals surface area contributed by atoms with Crippen molar-refractivity contribution < 1.29 is 4.39 Å². The third-order valence-corrected chi connectivity index (χ3v) is 3.15. The van der Waals surface area contributed by atoms with Crippen molar-refractivity contribution in [2.24, 2.45) is 0 Å². The number of rotatable bonds is 5. The molecule has 1 heterocycles. The second-order valence-electron chi connectivity index (χ2n) is 5.22. The smallest absolute Gasteiger partial charge is 0.136 e. The molecule has 0 unspecified atom stereocenters. The summed E-state index contributed by atoms with van der Waals surface area (Å²) in [7, 11) is 0. The predicted octanol–water partition coefficient (Wildman–Crippen LogP) is 4.22. The lowest BCUT2D eigenvalue weighted by Crippen LogP contribution is -2.07. The van der Waals surface area contributed by atoms with Gasteiger partial charge in [0.2, 0.25) is 0 Å². The van der Waals surface area contributed by atoms with Gasteiger partial charge in [-0.1, -0.05) is 19.9 Å². The molecule has 5 heteroatoms. The molecule has 0 fully saturated rings. The highest BCUT2D eigenvalue weighted by atomic mass is 19.1. The average Bonchev–Trinajstić information content (AvgIpc) is 2.44. The molecule has 21 heavy (non-hydrogen) atoms.